The van der Waals surface area contributed by atoms with Crippen LogP contribution >= 0.6 is 31.9 Å². The van der Waals surface area contributed by atoms with E-state index in [2.05, 4.69) is 31.9 Å². The number of carboxylic acid groups (broad SMARTS) is 1. The molecule has 4 aromatic rings. The largest absolute Gasteiger partial charge is 0.507 e. The minimum absolute atomic E-state index is 0.0468. The first kappa shape index (κ1) is 20.4. The maximum atomic E-state index is 13.3. The molecule has 0 fully saturated rings. The van der Waals surface area contributed by atoms with Crippen molar-refractivity contribution in [3.8, 4) is 16.9 Å². The van der Waals surface area contributed by atoms with Crippen LogP contribution in [0.1, 0.15) is 16.1 Å². The molecule has 150 valence electrons. The Labute approximate surface area is 188 Å². The maximum Gasteiger partial charge on any atom is 0.353 e. The van der Waals surface area contributed by atoms with Gasteiger partial charge in [-0.15, -0.1) is 0 Å². The first-order chi connectivity index (χ1) is 14.4. The van der Waals surface area contributed by atoms with E-state index in [0.717, 1.165) is 4.47 Å². The van der Waals surface area contributed by atoms with E-state index in [0.29, 0.717) is 31.9 Å². The number of aromatic nitrogens is 1. The summed E-state index contributed by atoms with van der Waals surface area (Å²) in [5.74, 6) is -1.12. The van der Waals surface area contributed by atoms with Crippen molar-refractivity contribution in [3.05, 3.63) is 97.3 Å². The molecule has 0 atom stereocenters. The highest BCUT2D eigenvalue weighted by Crippen LogP contribution is 2.33. The van der Waals surface area contributed by atoms with E-state index < -0.39 is 11.5 Å². The predicted octanol–water partition coefficient (Wildman–Crippen LogP) is 5.65. The highest BCUT2D eigenvalue weighted by atomic mass is 79.9. The van der Waals surface area contributed by atoms with Crippen molar-refractivity contribution in [2.45, 2.75) is 6.54 Å². The lowest BCUT2D eigenvalue weighted by molar-refractivity contribution is 0.0685. The third-order valence-corrected chi connectivity index (χ3v) is 5.98. The van der Waals surface area contributed by atoms with Gasteiger partial charge in [0.1, 0.15) is 11.4 Å². The van der Waals surface area contributed by atoms with E-state index in [-0.39, 0.29) is 18.0 Å². The van der Waals surface area contributed by atoms with Gasteiger partial charge in [-0.05, 0) is 62.8 Å². The fraction of sp³-hybridized carbons (Fsp3) is 0.0435. The summed E-state index contributed by atoms with van der Waals surface area (Å²) in [6.07, 6.45) is 0. The van der Waals surface area contributed by atoms with Gasteiger partial charge in [0.2, 0.25) is 0 Å². The molecule has 1 aromatic heterocycles. The minimum Gasteiger partial charge on any atom is -0.507 e. The van der Waals surface area contributed by atoms with Crippen molar-refractivity contribution in [2.75, 3.05) is 0 Å². The van der Waals surface area contributed by atoms with Crippen LogP contribution in [0.3, 0.4) is 0 Å². The Morgan fingerprint density at radius 2 is 1.67 bits per heavy atom. The van der Waals surface area contributed by atoms with E-state index in [1.54, 1.807) is 30.3 Å². The van der Waals surface area contributed by atoms with Crippen LogP contribution in [0, 0.1) is 0 Å². The molecule has 2 N–H and O–H groups in total. The predicted molar refractivity (Wildman–Crippen MR) is 123 cm³/mol. The summed E-state index contributed by atoms with van der Waals surface area (Å²) in [4.78, 5) is 25.7. The summed E-state index contributed by atoms with van der Waals surface area (Å²) >= 11 is 6.69. The number of hydrogen-bond donors (Lipinski definition) is 2. The Bertz CT molecular complexity index is 1350. The minimum atomic E-state index is -1.19. The molecule has 7 heteroatoms. The average Bonchev–Trinajstić information content (AvgIpc) is 2.72. The summed E-state index contributed by atoms with van der Waals surface area (Å²) in [6, 6.07) is 19.2. The van der Waals surface area contributed by atoms with Crippen molar-refractivity contribution >= 4 is 48.6 Å². The van der Waals surface area contributed by atoms with Gasteiger partial charge in [0.15, 0.2) is 0 Å². The van der Waals surface area contributed by atoms with Gasteiger partial charge in [0.25, 0.3) is 5.56 Å². The second-order valence-electron chi connectivity index (χ2n) is 6.76. The number of fused-ring (bicyclic) bond motifs is 1. The molecule has 30 heavy (non-hydrogen) atoms. The number of aromatic hydroxyl groups is 1. The third kappa shape index (κ3) is 3.66. The van der Waals surface area contributed by atoms with E-state index >= 15 is 0 Å². The molecule has 0 aliphatic rings. The number of carbonyl (C=O) groups is 1. The zero-order valence-electron chi connectivity index (χ0n) is 15.5. The normalized spacial score (nSPS) is 11.0. The number of aromatic carboxylic acids is 1. The van der Waals surface area contributed by atoms with Crippen LogP contribution < -0.4 is 5.56 Å². The van der Waals surface area contributed by atoms with Crippen molar-refractivity contribution in [1.29, 1.82) is 0 Å². The van der Waals surface area contributed by atoms with E-state index in [9.17, 15) is 19.8 Å². The number of halogens is 2. The van der Waals surface area contributed by atoms with Crippen molar-refractivity contribution in [1.82, 2.24) is 4.57 Å². The zero-order valence-corrected chi connectivity index (χ0v) is 18.6. The topological polar surface area (TPSA) is 79.5 Å². The third-order valence-electron chi connectivity index (χ3n) is 4.85. The van der Waals surface area contributed by atoms with Gasteiger partial charge in [-0.25, -0.2) is 4.79 Å². The van der Waals surface area contributed by atoms with Crippen LogP contribution in [-0.4, -0.2) is 20.7 Å². The second kappa shape index (κ2) is 8.08. The first-order valence-electron chi connectivity index (χ1n) is 8.99. The quantitative estimate of drug-likeness (QED) is 0.359. The smallest absolute Gasteiger partial charge is 0.353 e. The maximum absolute atomic E-state index is 13.3. The molecule has 0 aliphatic heterocycles. The van der Waals surface area contributed by atoms with Gasteiger partial charge in [-0.3, -0.25) is 9.36 Å². The number of rotatable bonds is 4. The molecule has 0 saturated heterocycles. The Kier molecular flexibility index (Phi) is 5.49. The van der Waals surface area contributed by atoms with Crippen molar-refractivity contribution in [3.63, 3.8) is 0 Å². The van der Waals surface area contributed by atoms with Gasteiger partial charge in [0.05, 0.1) is 11.0 Å². The first-order valence-corrected chi connectivity index (χ1v) is 10.6. The number of phenols is 1. The Morgan fingerprint density at radius 3 is 2.33 bits per heavy atom. The molecule has 0 radical (unpaired) electrons. The summed E-state index contributed by atoms with van der Waals surface area (Å²) in [6.45, 7) is 0.0468. The Hall–Kier alpha value is -2.90. The summed E-state index contributed by atoms with van der Waals surface area (Å²) in [7, 11) is 0. The van der Waals surface area contributed by atoms with Gasteiger partial charge >= 0.3 is 5.97 Å². The molecule has 1 heterocycles. The van der Waals surface area contributed by atoms with Crippen molar-refractivity contribution in [2.24, 2.45) is 0 Å². The fourth-order valence-electron chi connectivity index (χ4n) is 3.52. The molecule has 0 aliphatic carbocycles. The molecular weight excluding hydrogens is 514 g/mol. The highest BCUT2D eigenvalue weighted by Gasteiger charge is 2.23. The molecule has 5 nitrogen and oxygen atoms in total. The van der Waals surface area contributed by atoms with E-state index in [1.165, 1.54) is 10.6 Å². The van der Waals surface area contributed by atoms with E-state index in [1.807, 2.05) is 30.3 Å². The number of benzene rings is 3. The van der Waals surface area contributed by atoms with E-state index in [4.69, 9.17) is 0 Å². The molecular formula is C23H15Br2NO4. The molecule has 0 bridgehead atoms. The highest BCUT2D eigenvalue weighted by molar-refractivity contribution is 9.10. The standard InChI is InChI=1S/C23H15Br2NO4/c24-15-7-8-16-17(11-15)20(14-4-2-1-3-5-14)21(23(29)30)26(22(16)28)12-13-6-9-19(27)18(25)10-13/h1-11,27H,12H2,(H,29,30). The number of phenolic OH excluding ortho intramolecular Hbond substituents is 1. The van der Waals surface area contributed by atoms with Gasteiger partial charge < -0.3 is 10.2 Å². The molecule has 0 spiro atoms. The number of pyridine rings is 1. The van der Waals surface area contributed by atoms with Crippen LogP contribution in [0.5, 0.6) is 5.75 Å². The van der Waals surface area contributed by atoms with Gasteiger partial charge in [-0.1, -0.05) is 52.3 Å². The summed E-state index contributed by atoms with van der Waals surface area (Å²) in [5, 5.41) is 20.9. The Balaban J connectivity index is 2.09. The monoisotopic (exact) mass is 527 g/mol. The molecule has 3 aromatic carbocycles. The van der Waals surface area contributed by atoms with Crippen LogP contribution in [-0.2, 0) is 6.54 Å². The lowest BCUT2D eigenvalue weighted by Crippen LogP contribution is -2.28. The summed E-state index contributed by atoms with van der Waals surface area (Å²) < 4.78 is 2.50. The van der Waals surface area contributed by atoms with Crippen LogP contribution in [0.25, 0.3) is 21.9 Å². The summed E-state index contributed by atoms with van der Waals surface area (Å²) in [5.41, 5.74) is 1.40. The molecule has 0 saturated carbocycles. The molecule has 4 rings (SSSR count). The van der Waals surface area contributed by atoms with Crippen LogP contribution in [0.2, 0.25) is 0 Å². The second-order valence-corrected chi connectivity index (χ2v) is 8.53. The lowest BCUT2D eigenvalue weighted by Gasteiger charge is -2.18. The van der Waals surface area contributed by atoms with Crippen LogP contribution in [0.4, 0.5) is 0 Å². The molecule has 0 amide bonds. The SMILES string of the molecule is O=C(O)c1c(-c2ccccc2)c2cc(Br)ccc2c(=O)n1Cc1ccc(O)c(Br)c1. The average molecular weight is 529 g/mol. The number of hydrogen-bond acceptors (Lipinski definition) is 3. The Morgan fingerprint density at radius 1 is 0.933 bits per heavy atom. The van der Waals surface area contributed by atoms with Crippen molar-refractivity contribution < 1.29 is 15.0 Å². The number of carboxylic acids is 1. The molecule has 0 unspecified atom stereocenters. The number of nitrogens with zero attached hydrogens (tertiary/aromatic N) is 1. The fourth-order valence-corrected chi connectivity index (χ4v) is 4.31. The lowest BCUT2D eigenvalue weighted by atomic mass is 9.96. The van der Waals surface area contributed by atoms with Gasteiger partial charge in [-0.2, -0.15) is 0 Å². The van der Waals surface area contributed by atoms with Crippen LogP contribution in [0.15, 0.2) is 80.5 Å². The van der Waals surface area contributed by atoms with Gasteiger partial charge in [0, 0.05) is 15.4 Å². The zero-order chi connectivity index (χ0) is 21.4.